The summed E-state index contributed by atoms with van der Waals surface area (Å²) in [6, 6.07) is 27.5. The molecular formula is C27H19N3O5. The highest BCUT2D eigenvalue weighted by atomic mass is 16.7. The van der Waals surface area contributed by atoms with Crippen molar-refractivity contribution in [2.24, 2.45) is 5.92 Å². The smallest absolute Gasteiger partial charge is 0.269 e. The van der Waals surface area contributed by atoms with Gasteiger partial charge >= 0.3 is 0 Å². The van der Waals surface area contributed by atoms with E-state index in [4.69, 9.17) is 4.84 Å². The van der Waals surface area contributed by atoms with Gasteiger partial charge in [0, 0.05) is 17.5 Å². The zero-order chi connectivity index (χ0) is 24.1. The van der Waals surface area contributed by atoms with Gasteiger partial charge in [-0.25, -0.2) is 9.96 Å². The van der Waals surface area contributed by atoms with Crippen LogP contribution in [0.15, 0.2) is 97.1 Å². The molecule has 0 saturated carbocycles. The minimum Gasteiger partial charge on any atom is -0.273 e. The van der Waals surface area contributed by atoms with Crippen LogP contribution in [0.4, 0.5) is 17.1 Å². The molecule has 2 fully saturated rings. The minimum absolute atomic E-state index is 0.0957. The summed E-state index contributed by atoms with van der Waals surface area (Å²) in [5, 5.41) is 14.7. The normalized spacial score (nSPS) is 21.5. The van der Waals surface area contributed by atoms with Crippen molar-refractivity contribution in [2.45, 2.75) is 12.1 Å². The molecule has 3 atom stereocenters. The predicted molar refractivity (Wildman–Crippen MR) is 130 cm³/mol. The SMILES string of the molecule is O=C1[C@@H]2[C@H](ON(c3ccccc3)[C@H]2c2cccc([N+](=O)[O-])c2)C(=O)N1c1cccc2ccccc12. The van der Waals surface area contributed by atoms with Gasteiger partial charge in [-0.1, -0.05) is 66.7 Å². The number of benzene rings is 4. The average molecular weight is 465 g/mol. The van der Waals surface area contributed by atoms with Crippen molar-refractivity contribution in [1.29, 1.82) is 0 Å². The molecule has 2 aliphatic heterocycles. The standard InChI is InChI=1S/C27H19N3O5/c31-26-23-24(18-10-6-13-20(16-18)30(33)34)29(19-11-2-1-3-12-19)35-25(23)27(32)28(26)22-15-7-9-17-8-4-5-14-21(17)22/h1-16,23-25H/t23-,24-,25-/m0/s1. The van der Waals surface area contributed by atoms with Crippen molar-refractivity contribution in [1.82, 2.24) is 0 Å². The Hall–Kier alpha value is -4.56. The van der Waals surface area contributed by atoms with E-state index >= 15 is 0 Å². The van der Waals surface area contributed by atoms with Crippen molar-refractivity contribution < 1.29 is 19.3 Å². The molecule has 4 aromatic carbocycles. The number of hydroxylamine groups is 1. The van der Waals surface area contributed by atoms with Crippen LogP contribution < -0.4 is 9.96 Å². The molecule has 2 amide bonds. The second-order valence-corrected chi connectivity index (χ2v) is 8.52. The third-order valence-corrected chi connectivity index (χ3v) is 6.56. The second-order valence-electron chi connectivity index (χ2n) is 8.52. The van der Waals surface area contributed by atoms with Crippen LogP contribution in [0.2, 0.25) is 0 Å². The first-order chi connectivity index (χ1) is 17.0. The summed E-state index contributed by atoms with van der Waals surface area (Å²) in [5.74, 6) is -1.72. The van der Waals surface area contributed by atoms with Crippen molar-refractivity contribution in [3.05, 3.63) is 113 Å². The molecule has 0 bridgehead atoms. The Morgan fingerprint density at radius 2 is 1.51 bits per heavy atom. The van der Waals surface area contributed by atoms with E-state index in [-0.39, 0.29) is 5.69 Å². The molecule has 6 rings (SSSR count). The lowest BCUT2D eigenvalue weighted by atomic mass is 9.90. The van der Waals surface area contributed by atoms with Gasteiger partial charge in [0.1, 0.15) is 5.92 Å². The van der Waals surface area contributed by atoms with Gasteiger partial charge in [0.2, 0.25) is 5.91 Å². The molecule has 0 unspecified atom stereocenters. The van der Waals surface area contributed by atoms with Crippen LogP contribution in [0.1, 0.15) is 11.6 Å². The van der Waals surface area contributed by atoms with Crippen LogP contribution in [-0.4, -0.2) is 22.8 Å². The van der Waals surface area contributed by atoms with Crippen molar-refractivity contribution in [3.8, 4) is 0 Å². The summed E-state index contributed by atoms with van der Waals surface area (Å²) in [4.78, 5) is 45.8. The van der Waals surface area contributed by atoms with Crippen LogP contribution in [0.3, 0.4) is 0 Å². The Morgan fingerprint density at radius 3 is 2.31 bits per heavy atom. The number of nitro benzene ring substituents is 1. The zero-order valence-corrected chi connectivity index (χ0v) is 18.4. The maximum Gasteiger partial charge on any atom is 0.269 e. The number of rotatable bonds is 4. The van der Waals surface area contributed by atoms with Crippen LogP contribution in [0.25, 0.3) is 10.8 Å². The fourth-order valence-electron chi connectivity index (χ4n) is 5.02. The number of hydrogen-bond donors (Lipinski definition) is 0. The van der Waals surface area contributed by atoms with E-state index in [0.717, 1.165) is 10.8 Å². The molecule has 8 nitrogen and oxygen atoms in total. The van der Waals surface area contributed by atoms with E-state index in [1.54, 1.807) is 18.2 Å². The van der Waals surface area contributed by atoms with Gasteiger partial charge in [0.25, 0.3) is 11.6 Å². The first-order valence-corrected chi connectivity index (χ1v) is 11.2. The number of amides is 2. The summed E-state index contributed by atoms with van der Waals surface area (Å²) in [7, 11) is 0. The summed E-state index contributed by atoms with van der Waals surface area (Å²) in [6.07, 6.45) is -1.05. The molecule has 0 N–H and O–H groups in total. The number of para-hydroxylation sites is 1. The van der Waals surface area contributed by atoms with Gasteiger partial charge < -0.3 is 0 Å². The average Bonchev–Trinajstić information content (AvgIpc) is 3.40. The number of nitrogens with zero attached hydrogens (tertiary/aromatic N) is 3. The lowest BCUT2D eigenvalue weighted by Crippen LogP contribution is -2.37. The number of hydrogen-bond acceptors (Lipinski definition) is 6. The van der Waals surface area contributed by atoms with Gasteiger partial charge in [0.15, 0.2) is 6.10 Å². The summed E-state index contributed by atoms with van der Waals surface area (Å²) < 4.78 is 0. The van der Waals surface area contributed by atoms with E-state index in [1.165, 1.54) is 22.1 Å². The molecule has 0 aromatic heterocycles. The van der Waals surface area contributed by atoms with E-state index in [1.807, 2.05) is 66.7 Å². The predicted octanol–water partition coefficient (Wildman–Crippen LogP) is 4.80. The first-order valence-electron chi connectivity index (χ1n) is 11.2. The van der Waals surface area contributed by atoms with Gasteiger partial charge in [0.05, 0.1) is 22.3 Å². The third-order valence-electron chi connectivity index (χ3n) is 6.56. The van der Waals surface area contributed by atoms with Gasteiger partial charge in [-0.15, -0.1) is 0 Å². The molecular weight excluding hydrogens is 446 g/mol. The van der Waals surface area contributed by atoms with E-state index in [0.29, 0.717) is 16.9 Å². The van der Waals surface area contributed by atoms with Gasteiger partial charge in [-0.3, -0.25) is 24.5 Å². The summed E-state index contributed by atoms with van der Waals surface area (Å²) >= 11 is 0. The number of carbonyl (C=O) groups is 2. The number of carbonyl (C=O) groups excluding carboxylic acids is 2. The maximum absolute atomic E-state index is 13.9. The quantitative estimate of drug-likeness (QED) is 0.244. The van der Waals surface area contributed by atoms with Crippen LogP contribution >= 0.6 is 0 Å². The third kappa shape index (κ3) is 3.26. The molecule has 35 heavy (non-hydrogen) atoms. The van der Waals surface area contributed by atoms with Crippen LogP contribution in [0, 0.1) is 16.0 Å². The molecule has 172 valence electrons. The van der Waals surface area contributed by atoms with Crippen molar-refractivity contribution >= 4 is 39.6 Å². The fraction of sp³-hybridized carbons (Fsp3) is 0.111. The molecule has 2 heterocycles. The summed E-state index contributed by atoms with van der Waals surface area (Å²) in [6.45, 7) is 0. The number of anilines is 2. The minimum atomic E-state index is -1.05. The Balaban J connectivity index is 1.48. The van der Waals surface area contributed by atoms with E-state index in [9.17, 15) is 19.7 Å². The molecule has 0 spiro atoms. The van der Waals surface area contributed by atoms with Gasteiger partial charge in [-0.05, 0) is 29.1 Å². The highest BCUT2D eigenvalue weighted by Crippen LogP contribution is 2.48. The first kappa shape index (κ1) is 21.0. The van der Waals surface area contributed by atoms with Crippen LogP contribution in [0.5, 0.6) is 0 Å². The Kier molecular flexibility index (Phi) is 4.82. The second kappa shape index (κ2) is 8.03. The maximum atomic E-state index is 13.9. The van der Waals surface area contributed by atoms with E-state index in [2.05, 4.69) is 0 Å². The van der Waals surface area contributed by atoms with Crippen molar-refractivity contribution in [2.75, 3.05) is 9.96 Å². The Labute approximate surface area is 200 Å². The van der Waals surface area contributed by atoms with Gasteiger partial charge in [-0.2, -0.15) is 0 Å². The molecule has 4 aromatic rings. The Morgan fingerprint density at radius 1 is 0.800 bits per heavy atom. The number of nitro groups is 1. The number of non-ortho nitro benzene ring substituents is 1. The summed E-state index contributed by atoms with van der Waals surface area (Å²) in [5.41, 5.74) is 1.58. The Bertz CT molecular complexity index is 1480. The van der Waals surface area contributed by atoms with Crippen molar-refractivity contribution in [3.63, 3.8) is 0 Å². The molecule has 0 radical (unpaired) electrons. The monoisotopic (exact) mass is 465 g/mol. The molecule has 0 aliphatic carbocycles. The number of imide groups is 1. The lowest BCUT2D eigenvalue weighted by molar-refractivity contribution is -0.384. The van der Waals surface area contributed by atoms with Crippen LogP contribution in [-0.2, 0) is 14.4 Å². The number of fused-ring (bicyclic) bond motifs is 2. The zero-order valence-electron chi connectivity index (χ0n) is 18.4. The highest BCUT2D eigenvalue weighted by Gasteiger charge is 2.60. The molecule has 2 aliphatic rings. The van der Waals surface area contributed by atoms with E-state index < -0.39 is 34.8 Å². The molecule has 8 heteroatoms. The fourth-order valence-corrected chi connectivity index (χ4v) is 5.02. The molecule has 2 saturated heterocycles. The lowest BCUT2D eigenvalue weighted by Gasteiger charge is -2.29. The largest absolute Gasteiger partial charge is 0.273 e. The topological polar surface area (TPSA) is 93.0 Å². The highest BCUT2D eigenvalue weighted by molar-refractivity contribution is 6.26.